The van der Waals surface area contributed by atoms with Gasteiger partial charge in [-0.1, -0.05) is 18.2 Å². The molecule has 2 heterocycles. The zero-order valence-electron chi connectivity index (χ0n) is 11.3. The summed E-state index contributed by atoms with van der Waals surface area (Å²) in [7, 11) is 1.88. The van der Waals surface area contributed by atoms with E-state index in [4.69, 9.17) is 0 Å². The third-order valence-corrected chi connectivity index (χ3v) is 3.46. The van der Waals surface area contributed by atoms with E-state index in [9.17, 15) is 4.79 Å². The van der Waals surface area contributed by atoms with Crippen LogP contribution in [-0.4, -0.2) is 25.9 Å². The first-order valence-electron chi connectivity index (χ1n) is 6.35. The van der Waals surface area contributed by atoms with Crippen LogP contribution in [0.2, 0.25) is 0 Å². The maximum absolute atomic E-state index is 12.2. The Morgan fingerprint density at radius 1 is 1.40 bits per heavy atom. The zero-order valence-corrected chi connectivity index (χ0v) is 11.3. The molecule has 2 aromatic heterocycles. The number of aryl methyl sites for hydroxylation is 1. The molecule has 0 aliphatic rings. The van der Waals surface area contributed by atoms with E-state index in [1.54, 1.807) is 10.9 Å². The Bertz CT molecular complexity index is 771. The quantitative estimate of drug-likeness (QED) is 0.757. The highest BCUT2D eigenvalue weighted by atomic mass is 16.1. The highest BCUT2D eigenvalue weighted by Gasteiger charge is 2.14. The molecule has 0 fully saturated rings. The molecule has 3 aromatic rings. The van der Waals surface area contributed by atoms with Crippen LogP contribution in [0.5, 0.6) is 0 Å². The second-order valence-corrected chi connectivity index (χ2v) is 4.68. The third kappa shape index (κ3) is 2.05. The van der Waals surface area contributed by atoms with Crippen LogP contribution >= 0.6 is 0 Å². The molecule has 0 bridgehead atoms. The molecule has 6 heteroatoms. The van der Waals surface area contributed by atoms with E-state index in [-0.39, 0.29) is 5.91 Å². The minimum Gasteiger partial charge on any atom is -0.346 e. The number of H-pyrrole nitrogens is 1. The molecule has 0 saturated heterocycles. The monoisotopic (exact) mass is 269 g/mol. The van der Waals surface area contributed by atoms with Gasteiger partial charge in [0, 0.05) is 30.2 Å². The normalized spacial score (nSPS) is 10.9. The summed E-state index contributed by atoms with van der Waals surface area (Å²) in [5, 5.41) is 14.8. The Morgan fingerprint density at radius 2 is 2.20 bits per heavy atom. The number of benzene rings is 1. The molecule has 1 aromatic carbocycles. The predicted octanol–water partition coefficient (Wildman–Crippen LogP) is 1.53. The van der Waals surface area contributed by atoms with E-state index >= 15 is 0 Å². The Balaban J connectivity index is 1.78. The summed E-state index contributed by atoms with van der Waals surface area (Å²) in [4.78, 5) is 12.2. The number of rotatable bonds is 3. The molecule has 0 atom stereocenters. The summed E-state index contributed by atoms with van der Waals surface area (Å²) in [6, 6.07) is 7.56. The van der Waals surface area contributed by atoms with Gasteiger partial charge in [-0.05, 0) is 13.0 Å². The molecule has 102 valence electrons. The molecule has 20 heavy (non-hydrogen) atoms. The highest BCUT2D eigenvalue weighted by Crippen LogP contribution is 2.15. The predicted molar refractivity (Wildman–Crippen MR) is 75.2 cm³/mol. The van der Waals surface area contributed by atoms with Crippen molar-refractivity contribution in [1.82, 2.24) is 25.3 Å². The van der Waals surface area contributed by atoms with Gasteiger partial charge in [0.2, 0.25) is 0 Å². The molecule has 1 amide bonds. The number of aromatic amines is 1. The van der Waals surface area contributed by atoms with Gasteiger partial charge in [-0.3, -0.25) is 14.6 Å². The van der Waals surface area contributed by atoms with Crippen LogP contribution in [0.15, 0.2) is 30.5 Å². The second-order valence-electron chi connectivity index (χ2n) is 4.68. The number of aromatic nitrogens is 4. The van der Waals surface area contributed by atoms with Gasteiger partial charge < -0.3 is 5.32 Å². The Kier molecular flexibility index (Phi) is 2.98. The van der Waals surface area contributed by atoms with Crippen molar-refractivity contribution in [2.45, 2.75) is 13.5 Å². The summed E-state index contributed by atoms with van der Waals surface area (Å²) in [5.74, 6) is -0.189. The van der Waals surface area contributed by atoms with Crippen LogP contribution in [0.1, 0.15) is 21.7 Å². The lowest BCUT2D eigenvalue weighted by Gasteiger charge is -2.03. The number of hydrogen-bond donors (Lipinski definition) is 2. The molecule has 0 spiro atoms. The summed E-state index contributed by atoms with van der Waals surface area (Å²) >= 11 is 0. The van der Waals surface area contributed by atoms with Crippen molar-refractivity contribution in [2.75, 3.05) is 0 Å². The maximum atomic E-state index is 12.2. The topological polar surface area (TPSA) is 75.6 Å². The van der Waals surface area contributed by atoms with Gasteiger partial charge in [-0.25, -0.2) is 0 Å². The van der Waals surface area contributed by atoms with Crippen LogP contribution in [0.3, 0.4) is 0 Å². The average Bonchev–Trinajstić information content (AvgIpc) is 3.02. The van der Waals surface area contributed by atoms with Crippen LogP contribution in [0.4, 0.5) is 0 Å². The number of nitrogens with one attached hydrogen (secondary N) is 2. The van der Waals surface area contributed by atoms with Crippen molar-refractivity contribution < 1.29 is 4.79 Å². The number of carbonyl (C=O) groups excluding carboxylic acids is 1. The first-order valence-corrected chi connectivity index (χ1v) is 6.35. The SMILES string of the molecule is Cc1c(CNC(=O)c2n[nH]c3ccccc23)cnn1C. The fourth-order valence-electron chi connectivity index (χ4n) is 2.11. The smallest absolute Gasteiger partial charge is 0.272 e. The summed E-state index contributed by atoms with van der Waals surface area (Å²) < 4.78 is 1.78. The Morgan fingerprint density at radius 3 is 2.95 bits per heavy atom. The average molecular weight is 269 g/mol. The van der Waals surface area contributed by atoms with Gasteiger partial charge in [0.1, 0.15) is 0 Å². The van der Waals surface area contributed by atoms with Gasteiger partial charge in [-0.15, -0.1) is 0 Å². The lowest BCUT2D eigenvalue weighted by atomic mass is 10.2. The van der Waals surface area contributed by atoms with Crippen molar-refractivity contribution in [2.24, 2.45) is 7.05 Å². The number of carbonyl (C=O) groups is 1. The van der Waals surface area contributed by atoms with Crippen molar-refractivity contribution in [3.05, 3.63) is 47.4 Å². The number of nitrogens with zero attached hydrogens (tertiary/aromatic N) is 3. The first-order chi connectivity index (χ1) is 9.66. The van der Waals surface area contributed by atoms with Gasteiger partial charge in [-0.2, -0.15) is 10.2 Å². The molecular weight excluding hydrogens is 254 g/mol. The molecule has 3 rings (SSSR count). The van der Waals surface area contributed by atoms with Crippen molar-refractivity contribution in [1.29, 1.82) is 0 Å². The number of para-hydroxylation sites is 1. The summed E-state index contributed by atoms with van der Waals surface area (Å²) in [6.45, 7) is 2.41. The van der Waals surface area contributed by atoms with Gasteiger partial charge in [0.05, 0.1) is 11.7 Å². The third-order valence-electron chi connectivity index (χ3n) is 3.46. The largest absolute Gasteiger partial charge is 0.346 e. The maximum Gasteiger partial charge on any atom is 0.272 e. The molecule has 6 nitrogen and oxygen atoms in total. The minimum atomic E-state index is -0.189. The summed E-state index contributed by atoms with van der Waals surface area (Å²) in [6.07, 6.45) is 1.76. The van der Waals surface area contributed by atoms with Crippen molar-refractivity contribution in [3.8, 4) is 0 Å². The van der Waals surface area contributed by atoms with E-state index in [0.29, 0.717) is 12.2 Å². The second kappa shape index (κ2) is 4.80. The van der Waals surface area contributed by atoms with Crippen LogP contribution < -0.4 is 5.32 Å². The number of hydrogen-bond acceptors (Lipinski definition) is 3. The van der Waals surface area contributed by atoms with Gasteiger partial charge in [0.25, 0.3) is 5.91 Å². The minimum absolute atomic E-state index is 0.189. The zero-order chi connectivity index (χ0) is 14.1. The van der Waals surface area contributed by atoms with Gasteiger partial charge >= 0.3 is 0 Å². The fourth-order valence-corrected chi connectivity index (χ4v) is 2.11. The van der Waals surface area contributed by atoms with E-state index in [0.717, 1.165) is 22.2 Å². The lowest BCUT2D eigenvalue weighted by Crippen LogP contribution is -2.23. The van der Waals surface area contributed by atoms with Crippen LogP contribution in [0, 0.1) is 6.92 Å². The van der Waals surface area contributed by atoms with Crippen molar-refractivity contribution >= 4 is 16.8 Å². The van der Waals surface area contributed by atoms with E-state index in [2.05, 4.69) is 20.6 Å². The van der Waals surface area contributed by atoms with E-state index in [1.807, 2.05) is 38.2 Å². The van der Waals surface area contributed by atoms with Crippen molar-refractivity contribution in [3.63, 3.8) is 0 Å². The molecule has 0 radical (unpaired) electrons. The molecule has 0 unspecified atom stereocenters. The Hall–Kier alpha value is -2.63. The molecular formula is C14H15N5O. The van der Waals surface area contributed by atoms with E-state index in [1.165, 1.54) is 0 Å². The number of fused-ring (bicyclic) bond motifs is 1. The fraction of sp³-hybridized carbons (Fsp3) is 0.214. The molecule has 0 saturated carbocycles. The van der Waals surface area contributed by atoms with Crippen LogP contribution in [-0.2, 0) is 13.6 Å². The molecule has 0 aliphatic carbocycles. The standard InChI is InChI=1S/C14H15N5O/c1-9-10(8-16-19(9)2)7-15-14(20)13-11-5-3-4-6-12(11)17-18-13/h3-6,8H,7H2,1-2H3,(H,15,20)(H,17,18). The number of amides is 1. The first kappa shape index (κ1) is 12.4. The highest BCUT2D eigenvalue weighted by molar-refractivity contribution is 6.04. The summed E-state index contributed by atoms with van der Waals surface area (Å²) in [5.41, 5.74) is 3.32. The molecule has 2 N–H and O–H groups in total. The van der Waals surface area contributed by atoms with Crippen LogP contribution in [0.25, 0.3) is 10.9 Å². The van der Waals surface area contributed by atoms with Gasteiger partial charge in [0.15, 0.2) is 5.69 Å². The lowest BCUT2D eigenvalue weighted by molar-refractivity contribution is 0.0947. The molecule has 0 aliphatic heterocycles. The van der Waals surface area contributed by atoms with E-state index < -0.39 is 0 Å². The Labute approximate surface area is 115 Å².